The van der Waals surface area contributed by atoms with Gasteiger partial charge in [0.1, 0.15) is 5.82 Å². The molecule has 0 spiro atoms. The van der Waals surface area contributed by atoms with Crippen LogP contribution in [0.5, 0.6) is 0 Å². The summed E-state index contributed by atoms with van der Waals surface area (Å²) in [5.74, 6) is 1.23. The van der Waals surface area contributed by atoms with Crippen LogP contribution in [0.15, 0.2) is 12.4 Å². The predicted molar refractivity (Wildman–Crippen MR) is 82.9 cm³/mol. The first-order chi connectivity index (χ1) is 9.90. The highest BCUT2D eigenvalue weighted by Crippen LogP contribution is 2.22. The van der Waals surface area contributed by atoms with Crippen LogP contribution in [-0.2, 0) is 11.8 Å². The monoisotopic (exact) mass is 293 g/mol. The Morgan fingerprint density at radius 2 is 2.14 bits per heavy atom. The first kappa shape index (κ1) is 16.0. The topological polar surface area (TPSA) is 44.6 Å². The number of hydrogen-bond acceptors (Lipinski definition) is 4. The van der Waals surface area contributed by atoms with Gasteiger partial charge in [-0.3, -0.25) is 14.6 Å². The van der Waals surface area contributed by atoms with Gasteiger partial charge in [-0.2, -0.15) is 0 Å². The van der Waals surface area contributed by atoms with Crippen molar-refractivity contribution in [1.82, 2.24) is 24.3 Å². The summed E-state index contributed by atoms with van der Waals surface area (Å²) in [6.07, 6.45) is 3.77. The summed E-state index contributed by atoms with van der Waals surface area (Å²) in [4.78, 5) is 23.2. The van der Waals surface area contributed by atoms with E-state index in [-0.39, 0.29) is 11.9 Å². The van der Waals surface area contributed by atoms with Crippen LogP contribution in [0.4, 0.5) is 0 Å². The Labute approximate surface area is 127 Å². The minimum atomic E-state index is 0.173. The number of piperazine rings is 1. The van der Waals surface area contributed by atoms with E-state index in [1.54, 1.807) is 0 Å². The van der Waals surface area contributed by atoms with Crippen molar-refractivity contribution in [3.63, 3.8) is 0 Å². The van der Waals surface area contributed by atoms with Crippen LogP contribution in [0.2, 0.25) is 0 Å². The lowest BCUT2D eigenvalue weighted by atomic mass is 10.1. The maximum atomic E-state index is 12.5. The maximum Gasteiger partial charge on any atom is 0.236 e. The van der Waals surface area contributed by atoms with Crippen molar-refractivity contribution in [3.05, 3.63) is 18.2 Å². The molecule has 1 amide bonds. The fraction of sp³-hybridized carbons (Fsp3) is 0.733. The van der Waals surface area contributed by atoms with Gasteiger partial charge in [0, 0.05) is 45.1 Å². The number of rotatable bonds is 4. The first-order valence-electron chi connectivity index (χ1n) is 7.55. The Bertz CT molecular complexity index is 484. The Kier molecular flexibility index (Phi) is 5.00. The van der Waals surface area contributed by atoms with E-state index < -0.39 is 0 Å². The van der Waals surface area contributed by atoms with Crippen molar-refractivity contribution in [1.29, 1.82) is 0 Å². The number of amides is 1. The molecule has 6 nitrogen and oxygen atoms in total. The van der Waals surface area contributed by atoms with E-state index in [1.165, 1.54) is 0 Å². The van der Waals surface area contributed by atoms with Crippen molar-refractivity contribution in [2.24, 2.45) is 7.05 Å². The standard InChI is InChI=1S/C15H27N5O/c1-12(2)19(5)11-14(21)20-9-8-17(3)13(10-20)15-16-6-7-18(15)4/h6-7,12-13H,8-11H2,1-5H3/t13-/m0/s1. The Morgan fingerprint density at radius 3 is 2.71 bits per heavy atom. The molecular formula is C15H27N5O. The molecule has 0 N–H and O–H groups in total. The van der Waals surface area contributed by atoms with Crippen LogP contribution in [-0.4, -0.2) is 76.5 Å². The molecule has 1 saturated heterocycles. The van der Waals surface area contributed by atoms with Crippen LogP contribution in [0.1, 0.15) is 25.7 Å². The molecule has 118 valence electrons. The van der Waals surface area contributed by atoms with Gasteiger partial charge in [-0.15, -0.1) is 0 Å². The van der Waals surface area contributed by atoms with Gasteiger partial charge in [0.25, 0.3) is 0 Å². The number of aryl methyl sites for hydroxylation is 1. The molecule has 1 aliphatic heterocycles. The number of likely N-dealkylation sites (N-methyl/N-ethyl adjacent to an activating group) is 2. The fourth-order valence-corrected chi connectivity index (χ4v) is 2.57. The molecule has 0 unspecified atom stereocenters. The van der Waals surface area contributed by atoms with Crippen LogP contribution in [0.25, 0.3) is 0 Å². The van der Waals surface area contributed by atoms with E-state index >= 15 is 0 Å². The van der Waals surface area contributed by atoms with E-state index in [4.69, 9.17) is 0 Å². The molecule has 1 aromatic heterocycles. The summed E-state index contributed by atoms with van der Waals surface area (Å²) in [6, 6.07) is 0.554. The maximum absolute atomic E-state index is 12.5. The summed E-state index contributed by atoms with van der Waals surface area (Å²) in [6.45, 7) is 7.08. The number of imidazole rings is 1. The quantitative estimate of drug-likeness (QED) is 0.814. The third kappa shape index (κ3) is 3.63. The normalized spacial score (nSPS) is 20.5. The molecule has 2 heterocycles. The molecule has 0 saturated carbocycles. The van der Waals surface area contributed by atoms with Crippen LogP contribution < -0.4 is 0 Å². The van der Waals surface area contributed by atoms with Gasteiger partial charge in [-0.05, 0) is 27.9 Å². The highest BCUT2D eigenvalue weighted by atomic mass is 16.2. The molecular weight excluding hydrogens is 266 g/mol. The third-order valence-electron chi connectivity index (χ3n) is 4.42. The SMILES string of the molecule is CC(C)N(C)CC(=O)N1CCN(C)[C@H](c2nccn2C)C1. The minimum Gasteiger partial charge on any atom is -0.338 e. The summed E-state index contributed by atoms with van der Waals surface area (Å²) in [5, 5.41) is 0. The number of carbonyl (C=O) groups is 1. The molecule has 6 heteroatoms. The average molecular weight is 293 g/mol. The molecule has 0 aliphatic carbocycles. The molecule has 21 heavy (non-hydrogen) atoms. The summed E-state index contributed by atoms with van der Waals surface area (Å²) in [5.41, 5.74) is 0. The lowest BCUT2D eigenvalue weighted by Gasteiger charge is -2.39. The number of nitrogens with zero attached hydrogens (tertiary/aromatic N) is 5. The Morgan fingerprint density at radius 1 is 1.43 bits per heavy atom. The number of carbonyl (C=O) groups excluding carboxylic acids is 1. The van der Waals surface area contributed by atoms with Crippen molar-refractivity contribution < 1.29 is 4.79 Å². The molecule has 1 fully saturated rings. The van der Waals surface area contributed by atoms with Gasteiger partial charge in [-0.25, -0.2) is 4.98 Å². The largest absolute Gasteiger partial charge is 0.338 e. The van der Waals surface area contributed by atoms with Gasteiger partial charge in [0.2, 0.25) is 5.91 Å². The zero-order chi connectivity index (χ0) is 15.6. The zero-order valence-corrected chi connectivity index (χ0v) is 13.8. The van der Waals surface area contributed by atoms with Gasteiger partial charge < -0.3 is 9.47 Å². The average Bonchev–Trinajstić information content (AvgIpc) is 2.85. The van der Waals surface area contributed by atoms with E-state index in [0.717, 1.165) is 18.9 Å². The van der Waals surface area contributed by atoms with Crippen molar-refractivity contribution in [2.75, 3.05) is 40.3 Å². The smallest absolute Gasteiger partial charge is 0.236 e. The molecule has 1 aromatic rings. The summed E-state index contributed by atoms with van der Waals surface area (Å²) >= 11 is 0. The third-order valence-corrected chi connectivity index (χ3v) is 4.42. The van der Waals surface area contributed by atoms with Crippen molar-refractivity contribution in [3.8, 4) is 0 Å². The van der Waals surface area contributed by atoms with Gasteiger partial charge in [-0.1, -0.05) is 0 Å². The second-order valence-electron chi connectivity index (χ2n) is 6.24. The molecule has 1 aliphatic rings. The minimum absolute atomic E-state index is 0.173. The Hall–Kier alpha value is -1.40. The van der Waals surface area contributed by atoms with Crippen LogP contribution in [0, 0.1) is 0 Å². The molecule has 1 atom stereocenters. The van der Waals surface area contributed by atoms with Gasteiger partial charge in [0.05, 0.1) is 12.6 Å². The Balaban J connectivity index is 2.04. The second-order valence-corrected chi connectivity index (χ2v) is 6.24. The lowest BCUT2D eigenvalue weighted by Crippen LogP contribution is -2.52. The molecule has 0 aromatic carbocycles. The van der Waals surface area contributed by atoms with E-state index in [0.29, 0.717) is 19.1 Å². The molecule has 0 radical (unpaired) electrons. The number of aromatic nitrogens is 2. The number of hydrogen-bond donors (Lipinski definition) is 0. The highest BCUT2D eigenvalue weighted by molar-refractivity contribution is 5.78. The lowest BCUT2D eigenvalue weighted by molar-refractivity contribution is -0.135. The van der Waals surface area contributed by atoms with Gasteiger partial charge in [0.15, 0.2) is 0 Å². The van der Waals surface area contributed by atoms with Crippen molar-refractivity contribution >= 4 is 5.91 Å². The fourth-order valence-electron chi connectivity index (χ4n) is 2.57. The van der Waals surface area contributed by atoms with Crippen molar-refractivity contribution in [2.45, 2.75) is 25.9 Å². The van der Waals surface area contributed by atoms with E-state index in [9.17, 15) is 4.79 Å². The van der Waals surface area contributed by atoms with E-state index in [1.807, 2.05) is 36.0 Å². The highest BCUT2D eigenvalue weighted by Gasteiger charge is 2.30. The predicted octanol–water partition coefficient (Wildman–Crippen LogP) is 0.575. The first-order valence-corrected chi connectivity index (χ1v) is 7.55. The van der Waals surface area contributed by atoms with Crippen LogP contribution in [0.3, 0.4) is 0 Å². The zero-order valence-electron chi connectivity index (χ0n) is 13.8. The summed E-state index contributed by atoms with van der Waals surface area (Å²) in [7, 11) is 6.10. The molecule has 2 rings (SSSR count). The van der Waals surface area contributed by atoms with Crippen LogP contribution >= 0.6 is 0 Å². The second kappa shape index (κ2) is 6.58. The summed E-state index contributed by atoms with van der Waals surface area (Å²) < 4.78 is 2.04. The van der Waals surface area contributed by atoms with E-state index in [2.05, 4.69) is 35.7 Å². The molecule has 0 bridgehead atoms. The van der Waals surface area contributed by atoms with Gasteiger partial charge >= 0.3 is 0 Å².